The van der Waals surface area contributed by atoms with Gasteiger partial charge >= 0.3 is 0 Å². The Morgan fingerprint density at radius 1 is 0.800 bits per heavy atom. The highest BCUT2D eigenvalue weighted by Gasteiger charge is 1.97. The predicted molar refractivity (Wildman–Crippen MR) is 103 cm³/mol. The van der Waals surface area contributed by atoms with E-state index in [0.717, 1.165) is 23.4 Å². The van der Waals surface area contributed by atoms with Crippen LogP contribution in [0.2, 0.25) is 0 Å². The zero-order chi connectivity index (χ0) is 17.7. The molecule has 132 valence electrons. The zero-order valence-corrected chi connectivity index (χ0v) is 15.4. The van der Waals surface area contributed by atoms with Crippen molar-refractivity contribution in [2.45, 2.75) is 58.8 Å². The second-order valence-corrected chi connectivity index (χ2v) is 6.14. The van der Waals surface area contributed by atoms with E-state index in [2.05, 4.69) is 29.0 Å². The van der Waals surface area contributed by atoms with Crippen molar-refractivity contribution in [1.29, 1.82) is 0 Å². The average molecular weight is 336 g/mol. The molecule has 0 atom stereocenters. The van der Waals surface area contributed by atoms with Crippen molar-refractivity contribution in [2.24, 2.45) is 0 Å². The molecule has 1 heterocycles. The second-order valence-electron chi connectivity index (χ2n) is 6.14. The Morgan fingerprint density at radius 2 is 1.56 bits per heavy atom. The molecule has 1 aromatic carbocycles. The Kier molecular flexibility index (Phi) is 8.55. The summed E-state index contributed by atoms with van der Waals surface area (Å²) in [6.45, 7) is 4.89. The molecule has 0 bridgehead atoms. The van der Waals surface area contributed by atoms with E-state index < -0.39 is 0 Å². The third-order valence-corrected chi connectivity index (χ3v) is 4.01. The predicted octanol–water partition coefficient (Wildman–Crippen LogP) is 5.18. The highest BCUT2D eigenvalue weighted by molar-refractivity contribution is 5.42. The SMILES string of the molecule is CCCCCCCCc1ccc(C#Cc2ccc(OCC)cc2)nn1. The van der Waals surface area contributed by atoms with E-state index in [9.17, 15) is 0 Å². The van der Waals surface area contributed by atoms with Gasteiger partial charge in [0.25, 0.3) is 0 Å². The quantitative estimate of drug-likeness (QED) is 0.467. The summed E-state index contributed by atoms with van der Waals surface area (Å²) in [5.41, 5.74) is 2.71. The lowest BCUT2D eigenvalue weighted by molar-refractivity contribution is 0.340. The van der Waals surface area contributed by atoms with E-state index in [1.165, 1.54) is 38.5 Å². The van der Waals surface area contributed by atoms with Crippen LogP contribution in [0.5, 0.6) is 5.75 Å². The molecule has 0 aliphatic carbocycles. The number of aromatic nitrogens is 2. The molecule has 25 heavy (non-hydrogen) atoms. The number of rotatable bonds is 9. The van der Waals surface area contributed by atoms with E-state index in [4.69, 9.17) is 4.74 Å². The van der Waals surface area contributed by atoms with Crippen molar-refractivity contribution in [1.82, 2.24) is 10.2 Å². The fourth-order valence-electron chi connectivity index (χ4n) is 2.58. The van der Waals surface area contributed by atoms with Gasteiger partial charge in [-0.3, -0.25) is 0 Å². The van der Waals surface area contributed by atoms with Crippen molar-refractivity contribution < 1.29 is 4.74 Å². The van der Waals surface area contributed by atoms with Gasteiger partial charge in [0.05, 0.1) is 12.3 Å². The maximum atomic E-state index is 5.43. The molecular weight excluding hydrogens is 308 g/mol. The van der Waals surface area contributed by atoms with Gasteiger partial charge in [-0.25, -0.2) is 0 Å². The standard InChI is InChI=1S/C22H28N2O/c1-3-5-6-7-8-9-10-20-15-16-21(24-23-20)14-11-19-12-17-22(18-13-19)25-4-2/h12-13,15-18H,3-10H2,1-2H3. The first-order valence-electron chi connectivity index (χ1n) is 9.39. The number of ether oxygens (including phenoxy) is 1. The van der Waals surface area contributed by atoms with Gasteiger partial charge in [0.2, 0.25) is 0 Å². The lowest BCUT2D eigenvalue weighted by Crippen LogP contribution is -1.95. The largest absolute Gasteiger partial charge is 0.494 e. The minimum atomic E-state index is 0.672. The summed E-state index contributed by atoms with van der Waals surface area (Å²) in [5.74, 6) is 7.05. The summed E-state index contributed by atoms with van der Waals surface area (Å²) in [6, 6.07) is 11.8. The Labute approximate surface area is 151 Å². The van der Waals surface area contributed by atoms with Crippen molar-refractivity contribution >= 4 is 0 Å². The molecule has 0 aliphatic heterocycles. The fourth-order valence-corrected chi connectivity index (χ4v) is 2.58. The topological polar surface area (TPSA) is 35.0 Å². The highest BCUT2D eigenvalue weighted by atomic mass is 16.5. The molecule has 0 aliphatic rings. The minimum absolute atomic E-state index is 0.672. The summed E-state index contributed by atoms with van der Waals surface area (Å²) >= 11 is 0. The van der Waals surface area contributed by atoms with Crippen LogP contribution in [-0.4, -0.2) is 16.8 Å². The second kappa shape index (κ2) is 11.3. The monoisotopic (exact) mass is 336 g/mol. The summed E-state index contributed by atoms with van der Waals surface area (Å²) in [5, 5.41) is 8.51. The van der Waals surface area contributed by atoms with Crippen LogP contribution in [-0.2, 0) is 6.42 Å². The van der Waals surface area contributed by atoms with E-state index in [1.54, 1.807) is 0 Å². The van der Waals surface area contributed by atoms with E-state index in [1.807, 2.05) is 43.3 Å². The number of aryl methyl sites for hydroxylation is 1. The lowest BCUT2D eigenvalue weighted by Gasteiger charge is -2.01. The van der Waals surface area contributed by atoms with Gasteiger partial charge in [0.15, 0.2) is 0 Å². The first-order valence-corrected chi connectivity index (χ1v) is 9.39. The van der Waals surface area contributed by atoms with Gasteiger partial charge in [-0.1, -0.05) is 44.9 Å². The van der Waals surface area contributed by atoms with Crippen LogP contribution in [0, 0.1) is 11.8 Å². The van der Waals surface area contributed by atoms with Gasteiger partial charge in [0, 0.05) is 5.56 Å². The Morgan fingerprint density at radius 3 is 2.24 bits per heavy atom. The molecule has 2 rings (SSSR count). The number of nitrogens with zero attached hydrogens (tertiary/aromatic N) is 2. The van der Waals surface area contributed by atoms with Crippen molar-refractivity contribution in [2.75, 3.05) is 6.61 Å². The third kappa shape index (κ3) is 7.39. The highest BCUT2D eigenvalue weighted by Crippen LogP contribution is 2.11. The summed E-state index contributed by atoms with van der Waals surface area (Å²) < 4.78 is 5.43. The maximum Gasteiger partial charge on any atom is 0.136 e. The van der Waals surface area contributed by atoms with Gasteiger partial charge < -0.3 is 4.74 Å². The molecule has 0 radical (unpaired) electrons. The summed E-state index contributed by atoms with van der Waals surface area (Å²) in [7, 11) is 0. The van der Waals surface area contributed by atoms with Crippen LogP contribution in [0.3, 0.4) is 0 Å². The van der Waals surface area contributed by atoms with Gasteiger partial charge in [0.1, 0.15) is 11.4 Å². The van der Waals surface area contributed by atoms with Crippen molar-refractivity contribution in [3.05, 3.63) is 53.3 Å². The molecule has 0 spiro atoms. The zero-order valence-electron chi connectivity index (χ0n) is 15.4. The summed E-state index contributed by atoms with van der Waals surface area (Å²) in [4.78, 5) is 0. The van der Waals surface area contributed by atoms with Crippen molar-refractivity contribution in [3.8, 4) is 17.6 Å². The van der Waals surface area contributed by atoms with E-state index in [0.29, 0.717) is 12.3 Å². The number of unbranched alkanes of at least 4 members (excludes halogenated alkanes) is 5. The lowest BCUT2D eigenvalue weighted by atomic mass is 10.1. The van der Waals surface area contributed by atoms with E-state index >= 15 is 0 Å². The molecular formula is C22H28N2O. The molecule has 0 N–H and O–H groups in total. The number of benzene rings is 1. The Balaban J connectivity index is 1.80. The molecule has 0 fully saturated rings. The summed E-state index contributed by atoms with van der Waals surface area (Å²) in [6.07, 6.45) is 8.80. The first kappa shape index (κ1) is 19.0. The fraction of sp³-hybridized carbons (Fsp3) is 0.455. The number of hydrogen-bond donors (Lipinski definition) is 0. The smallest absolute Gasteiger partial charge is 0.136 e. The Hall–Kier alpha value is -2.34. The van der Waals surface area contributed by atoms with Gasteiger partial charge in [-0.05, 0) is 62.1 Å². The molecule has 0 saturated heterocycles. The molecule has 3 nitrogen and oxygen atoms in total. The number of hydrogen-bond acceptors (Lipinski definition) is 3. The van der Waals surface area contributed by atoms with Crippen LogP contribution in [0.15, 0.2) is 36.4 Å². The van der Waals surface area contributed by atoms with Gasteiger partial charge in [-0.15, -0.1) is 5.10 Å². The molecule has 2 aromatic rings. The first-order chi connectivity index (χ1) is 12.3. The van der Waals surface area contributed by atoms with Crippen LogP contribution < -0.4 is 4.74 Å². The minimum Gasteiger partial charge on any atom is -0.494 e. The van der Waals surface area contributed by atoms with Crippen LogP contribution in [0.4, 0.5) is 0 Å². The maximum absolute atomic E-state index is 5.43. The molecule has 0 amide bonds. The normalized spacial score (nSPS) is 10.2. The molecule has 3 heteroatoms. The van der Waals surface area contributed by atoms with Crippen molar-refractivity contribution in [3.63, 3.8) is 0 Å². The molecule has 1 aromatic heterocycles. The van der Waals surface area contributed by atoms with Crippen LogP contribution in [0.1, 0.15) is 69.3 Å². The van der Waals surface area contributed by atoms with Gasteiger partial charge in [-0.2, -0.15) is 5.10 Å². The van der Waals surface area contributed by atoms with E-state index in [-0.39, 0.29) is 0 Å². The molecule has 0 unspecified atom stereocenters. The third-order valence-electron chi connectivity index (χ3n) is 4.01. The Bertz CT molecular complexity index is 666. The average Bonchev–Trinajstić information content (AvgIpc) is 2.65. The van der Waals surface area contributed by atoms with Crippen LogP contribution >= 0.6 is 0 Å². The van der Waals surface area contributed by atoms with Crippen LogP contribution in [0.25, 0.3) is 0 Å². The molecule has 0 saturated carbocycles.